The number of benzene rings is 3. The first-order valence-corrected chi connectivity index (χ1v) is 13.6. The van der Waals surface area contributed by atoms with Crippen molar-refractivity contribution in [1.29, 1.82) is 0 Å². The monoisotopic (exact) mass is 491 g/mol. The Labute approximate surface area is 208 Å². The maximum absolute atomic E-state index is 13.5. The number of sulfonamides is 1. The van der Waals surface area contributed by atoms with E-state index in [-0.39, 0.29) is 17.3 Å². The fourth-order valence-electron chi connectivity index (χ4n) is 4.38. The van der Waals surface area contributed by atoms with Gasteiger partial charge in [-0.1, -0.05) is 61.5 Å². The Bertz CT molecular complexity index is 1220. The van der Waals surface area contributed by atoms with Crippen molar-refractivity contribution in [2.75, 3.05) is 23.9 Å². The zero-order chi connectivity index (χ0) is 24.7. The lowest BCUT2D eigenvalue weighted by atomic mass is 10.1. The number of hydrogen-bond donors (Lipinski definition) is 1. The van der Waals surface area contributed by atoms with Crippen LogP contribution in [0.1, 0.15) is 36.5 Å². The van der Waals surface area contributed by atoms with Crippen molar-refractivity contribution in [3.8, 4) is 0 Å². The van der Waals surface area contributed by atoms with Crippen LogP contribution in [0.15, 0.2) is 83.8 Å². The molecule has 0 spiro atoms. The van der Waals surface area contributed by atoms with Crippen LogP contribution in [0.25, 0.3) is 0 Å². The summed E-state index contributed by atoms with van der Waals surface area (Å²) in [6.07, 6.45) is 3.30. The highest BCUT2D eigenvalue weighted by molar-refractivity contribution is 7.92. The minimum absolute atomic E-state index is 0.156. The van der Waals surface area contributed by atoms with Gasteiger partial charge in [-0.3, -0.25) is 14.0 Å². The van der Waals surface area contributed by atoms with Gasteiger partial charge in [-0.2, -0.15) is 0 Å². The standard InChI is InChI=1S/C28H33N3O3S/c1-2-23-14-16-26(17-15-23)31(35(33,34)27-12-4-3-5-13-27)22-28(32)29-20-24-10-6-7-11-25(24)21-30-18-8-9-19-30/h3-7,10-17H,2,8-9,18-22H2,1H3,(H,29,32). The largest absolute Gasteiger partial charge is 0.350 e. The first-order chi connectivity index (χ1) is 17.0. The number of nitrogens with one attached hydrogen (secondary N) is 1. The van der Waals surface area contributed by atoms with E-state index in [0.29, 0.717) is 12.2 Å². The molecule has 0 bridgehead atoms. The van der Waals surface area contributed by atoms with Crippen molar-refractivity contribution in [3.05, 3.63) is 95.6 Å². The molecule has 4 rings (SSSR count). The fraction of sp³-hybridized carbons (Fsp3) is 0.321. The number of carbonyl (C=O) groups is 1. The number of likely N-dealkylation sites (tertiary alicyclic amines) is 1. The molecule has 184 valence electrons. The second-order valence-corrected chi connectivity index (χ2v) is 10.7. The number of hydrogen-bond acceptors (Lipinski definition) is 4. The fourth-order valence-corrected chi connectivity index (χ4v) is 5.82. The molecule has 1 heterocycles. The van der Waals surface area contributed by atoms with Crippen LogP contribution in [0, 0.1) is 0 Å². The highest BCUT2D eigenvalue weighted by Crippen LogP contribution is 2.24. The number of anilines is 1. The summed E-state index contributed by atoms with van der Waals surface area (Å²) in [6.45, 7) is 5.17. The normalized spacial score (nSPS) is 14.1. The van der Waals surface area contributed by atoms with Gasteiger partial charge in [0.1, 0.15) is 6.54 Å². The van der Waals surface area contributed by atoms with Crippen LogP contribution >= 0.6 is 0 Å². The number of aryl methyl sites for hydroxylation is 1. The van der Waals surface area contributed by atoms with Crippen LogP contribution in [0.3, 0.4) is 0 Å². The number of rotatable bonds is 10. The third kappa shape index (κ3) is 6.29. The van der Waals surface area contributed by atoms with Crippen LogP contribution in [0.4, 0.5) is 5.69 Å². The number of amides is 1. The summed E-state index contributed by atoms with van der Waals surface area (Å²) in [4.78, 5) is 15.6. The third-order valence-electron chi connectivity index (χ3n) is 6.44. The Kier molecular flexibility index (Phi) is 8.21. The van der Waals surface area contributed by atoms with Crippen molar-refractivity contribution in [1.82, 2.24) is 10.2 Å². The van der Waals surface area contributed by atoms with Gasteiger partial charge in [-0.05, 0) is 73.3 Å². The van der Waals surface area contributed by atoms with Crippen LogP contribution in [-0.4, -0.2) is 38.9 Å². The van der Waals surface area contributed by atoms with Crippen molar-refractivity contribution < 1.29 is 13.2 Å². The summed E-state index contributed by atoms with van der Waals surface area (Å²) < 4.78 is 28.2. The SMILES string of the molecule is CCc1ccc(N(CC(=O)NCc2ccccc2CN2CCCC2)S(=O)(=O)c2ccccc2)cc1. The number of nitrogens with zero attached hydrogens (tertiary/aromatic N) is 2. The molecular weight excluding hydrogens is 458 g/mol. The Balaban J connectivity index is 1.51. The summed E-state index contributed by atoms with van der Waals surface area (Å²) in [5.41, 5.74) is 3.82. The van der Waals surface area contributed by atoms with Crippen molar-refractivity contribution in [3.63, 3.8) is 0 Å². The molecule has 1 fully saturated rings. The van der Waals surface area contributed by atoms with E-state index < -0.39 is 10.0 Å². The lowest BCUT2D eigenvalue weighted by molar-refractivity contribution is -0.119. The molecule has 1 saturated heterocycles. The molecule has 7 heteroatoms. The Hall–Kier alpha value is -3.16. The van der Waals surface area contributed by atoms with Gasteiger partial charge in [0, 0.05) is 13.1 Å². The minimum Gasteiger partial charge on any atom is -0.350 e. The molecule has 1 amide bonds. The van der Waals surface area contributed by atoms with E-state index in [1.54, 1.807) is 42.5 Å². The summed E-state index contributed by atoms with van der Waals surface area (Å²) in [5, 5.41) is 2.95. The van der Waals surface area contributed by atoms with E-state index in [4.69, 9.17) is 0 Å². The van der Waals surface area contributed by atoms with Gasteiger partial charge < -0.3 is 5.32 Å². The lowest BCUT2D eigenvalue weighted by Gasteiger charge is -2.24. The first kappa shape index (κ1) is 24.9. The molecular formula is C28H33N3O3S. The van der Waals surface area contributed by atoms with Gasteiger partial charge in [0.15, 0.2) is 0 Å². The molecule has 6 nitrogen and oxygen atoms in total. The van der Waals surface area contributed by atoms with Gasteiger partial charge in [-0.15, -0.1) is 0 Å². The molecule has 1 N–H and O–H groups in total. The zero-order valence-corrected chi connectivity index (χ0v) is 21.0. The molecule has 3 aromatic carbocycles. The number of carbonyl (C=O) groups excluding carboxylic acids is 1. The highest BCUT2D eigenvalue weighted by atomic mass is 32.2. The summed E-state index contributed by atoms with van der Waals surface area (Å²) >= 11 is 0. The highest BCUT2D eigenvalue weighted by Gasteiger charge is 2.27. The molecule has 1 aliphatic heterocycles. The van der Waals surface area contributed by atoms with Crippen molar-refractivity contribution >= 4 is 21.6 Å². The second kappa shape index (κ2) is 11.5. The first-order valence-electron chi connectivity index (χ1n) is 12.2. The lowest BCUT2D eigenvalue weighted by Crippen LogP contribution is -2.40. The third-order valence-corrected chi connectivity index (χ3v) is 8.23. The minimum atomic E-state index is -3.91. The predicted molar refractivity (Wildman–Crippen MR) is 140 cm³/mol. The van der Waals surface area contributed by atoms with Gasteiger partial charge in [-0.25, -0.2) is 8.42 Å². The average molecular weight is 492 g/mol. The average Bonchev–Trinajstić information content (AvgIpc) is 3.40. The summed E-state index contributed by atoms with van der Waals surface area (Å²) in [6, 6.07) is 23.7. The Morgan fingerprint density at radius 2 is 1.51 bits per heavy atom. The molecule has 1 aliphatic rings. The molecule has 0 radical (unpaired) electrons. The van der Waals surface area contributed by atoms with E-state index in [1.807, 2.05) is 37.3 Å². The molecule has 0 atom stereocenters. The van der Waals surface area contributed by atoms with E-state index in [0.717, 1.165) is 37.2 Å². The predicted octanol–water partition coefficient (Wildman–Crippen LogP) is 4.36. The van der Waals surface area contributed by atoms with Gasteiger partial charge in [0.05, 0.1) is 10.6 Å². The summed E-state index contributed by atoms with van der Waals surface area (Å²) in [5.74, 6) is -0.347. The van der Waals surface area contributed by atoms with E-state index in [2.05, 4.69) is 16.3 Å². The van der Waals surface area contributed by atoms with Crippen molar-refractivity contribution in [2.45, 2.75) is 44.2 Å². The van der Waals surface area contributed by atoms with E-state index >= 15 is 0 Å². The Morgan fingerprint density at radius 1 is 0.886 bits per heavy atom. The molecule has 0 aliphatic carbocycles. The summed E-state index contributed by atoms with van der Waals surface area (Å²) in [7, 11) is -3.91. The smallest absolute Gasteiger partial charge is 0.264 e. The van der Waals surface area contributed by atoms with Crippen LogP contribution in [0.5, 0.6) is 0 Å². The molecule has 0 saturated carbocycles. The zero-order valence-electron chi connectivity index (χ0n) is 20.2. The molecule has 0 aromatic heterocycles. The van der Waals surface area contributed by atoms with E-state index in [9.17, 15) is 13.2 Å². The topological polar surface area (TPSA) is 69.7 Å². The quantitative estimate of drug-likeness (QED) is 0.458. The molecule has 0 unspecified atom stereocenters. The van der Waals surface area contributed by atoms with Crippen LogP contribution in [0.2, 0.25) is 0 Å². The van der Waals surface area contributed by atoms with E-state index in [1.165, 1.54) is 22.7 Å². The van der Waals surface area contributed by atoms with Crippen LogP contribution < -0.4 is 9.62 Å². The second-order valence-electron chi connectivity index (χ2n) is 8.87. The Morgan fingerprint density at radius 3 is 2.17 bits per heavy atom. The van der Waals surface area contributed by atoms with Gasteiger partial charge in [0.25, 0.3) is 10.0 Å². The maximum Gasteiger partial charge on any atom is 0.264 e. The van der Waals surface area contributed by atoms with Gasteiger partial charge in [0.2, 0.25) is 5.91 Å². The van der Waals surface area contributed by atoms with Crippen molar-refractivity contribution in [2.24, 2.45) is 0 Å². The van der Waals surface area contributed by atoms with Gasteiger partial charge >= 0.3 is 0 Å². The van der Waals surface area contributed by atoms with Crippen LogP contribution in [-0.2, 0) is 34.3 Å². The maximum atomic E-state index is 13.5. The molecule has 35 heavy (non-hydrogen) atoms. The molecule has 3 aromatic rings.